The lowest BCUT2D eigenvalue weighted by molar-refractivity contribution is 0.101. The number of carbonyl (C=O) groups excluding carboxylic acids is 1. The number of benzene rings is 2. The van der Waals surface area contributed by atoms with E-state index in [0.29, 0.717) is 29.4 Å². The monoisotopic (exact) mass is 322 g/mol. The SMILES string of the molecule is C=C(C)COc1ccc2c(c1)O/C(=C/c1ccccc1OC)C2=O. The van der Waals surface area contributed by atoms with Crippen LogP contribution >= 0.6 is 0 Å². The molecule has 3 rings (SSSR count). The van der Waals surface area contributed by atoms with Gasteiger partial charge in [0, 0.05) is 11.6 Å². The average Bonchev–Trinajstić information content (AvgIpc) is 2.89. The Balaban J connectivity index is 1.87. The Morgan fingerprint density at radius 2 is 2.04 bits per heavy atom. The molecule has 2 aromatic carbocycles. The van der Waals surface area contributed by atoms with E-state index in [-0.39, 0.29) is 11.5 Å². The summed E-state index contributed by atoms with van der Waals surface area (Å²) in [6.07, 6.45) is 1.69. The second-order valence-electron chi connectivity index (χ2n) is 5.59. The smallest absolute Gasteiger partial charge is 0.231 e. The molecule has 0 saturated heterocycles. The van der Waals surface area contributed by atoms with Crippen molar-refractivity contribution in [2.24, 2.45) is 0 Å². The topological polar surface area (TPSA) is 44.8 Å². The lowest BCUT2D eigenvalue weighted by Crippen LogP contribution is -1.98. The zero-order valence-corrected chi connectivity index (χ0v) is 13.7. The first-order valence-corrected chi connectivity index (χ1v) is 7.57. The van der Waals surface area contributed by atoms with Gasteiger partial charge in [-0.15, -0.1) is 0 Å². The summed E-state index contributed by atoms with van der Waals surface area (Å²) in [4.78, 5) is 12.5. The van der Waals surface area contributed by atoms with E-state index in [2.05, 4.69) is 6.58 Å². The zero-order chi connectivity index (χ0) is 17.1. The quantitative estimate of drug-likeness (QED) is 0.609. The van der Waals surface area contributed by atoms with Crippen LogP contribution in [-0.4, -0.2) is 19.5 Å². The van der Waals surface area contributed by atoms with Crippen molar-refractivity contribution >= 4 is 11.9 Å². The van der Waals surface area contributed by atoms with Gasteiger partial charge < -0.3 is 14.2 Å². The highest BCUT2D eigenvalue weighted by Gasteiger charge is 2.28. The Hall–Kier alpha value is -3.01. The lowest BCUT2D eigenvalue weighted by Gasteiger charge is -2.06. The summed E-state index contributed by atoms with van der Waals surface area (Å²) in [5, 5.41) is 0. The van der Waals surface area contributed by atoms with Gasteiger partial charge in [-0.25, -0.2) is 0 Å². The van der Waals surface area contributed by atoms with Crippen molar-refractivity contribution in [1.82, 2.24) is 0 Å². The Bertz CT molecular complexity index is 833. The van der Waals surface area contributed by atoms with E-state index in [4.69, 9.17) is 14.2 Å². The van der Waals surface area contributed by atoms with Crippen LogP contribution in [0.15, 0.2) is 60.4 Å². The molecule has 0 atom stereocenters. The lowest BCUT2D eigenvalue weighted by atomic mass is 10.1. The highest BCUT2D eigenvalue weighted by atomic mass is 16.5. The maximum absolute atomic E-state index is 12.5. The molecule has 4 nitrogen and oxygen atoms in total. The van der Waals surface area contributed by atoms with Gasteiger partial charge in [-0.3, -0.25) is 4.79 Å². The van der Waals surface area contributed by atoms with E-state index in [1.165, 1.54) is 0 Å². The van der Waals surface area contributed by atoms with Crippen LogP contribution in [0, 0.1) is 0 Å². The summed E-state index contributed by atoms with van der Waals surface area (Å²) in [6.45, 7) is 6.12. The highest BCUT2D eigenvalue weighted by molar-refractivity contribution is 6.14. The van der Waals surface area contributed by atoms with Gasteiger partial charge in [0.15, 0.2) is 5.76 Å². The van der Waals surface area contributed by atoms with Crippen molar-refractivity contribution in [3.05, 3.63) is 71.5 Å². The first-order chi connectivity index (χ1) is 11.6. The molecule has 0 aromatic heterocycles. The van der Waals surface area contributed by atoms with E-state index in [9.17, 15) is 4.79 Å². The summed E-state index contributed by atoms with van der Waals surface area (Å²) in [5.74, 6) is 1.94. The third-order valence-electron chi connectivity index (χ3n) is 3.55. The molecule has 0 aliphatic carbocycles. The number of rotatable bonds is 5. The van der Waals surface area contributed by atoms with Crippen molar-refractivity contribution in [2.75, 3.05) is 13.7 Å². The molecular formula is C20H18O4. The zero-order valence-electron chi connectivity index (χ0n) is 13.7. The van der Waals surface area contributed by atoms with Gasteiger partial charge >= 0.3 is 0 Å². The minimum absolute atomic E-state index is 0.151. The van der Waals surface area contributed by atoms with Gasteiger partial charge in [0.05, 0.1) is 12.7 Å². The fraction of sp³-hybridized carbons (Fsp3) is 0.150. The van der Waals surface area contributed by atoms with Crippen LogP contribution in [0.1, 0.15) is 22.8 Å². The fourth-order valence-electron chi connectivity index (χ4n) is 2.39. The fourth-order valence-corrected chi connectivity index (χ4v) is 2.39. The normalized spacial score (nSPS) is 14.2. The molecule has 0 amide bonds. The molecular weight excluding hydrogens is 304 g/mol. The Morgan fingerprint density at radius 1 is 1.25 bits per heavy atom. The number of hydrogen-bond acceptors (Lipinski definition) is 4. The van der Waals surface area contributed by atoms with Gasteiger partial charge in [-0.2, -0.15) is 0 Å². The molecule has 0 fully saturated rings. The molecule has 0 spiro atoms. The van der Waals surface area contributed by atoms with Crippen molar-refractivity contribution in [3.8, 4) is 17.2 Å². The molecule has 1 aliphatic heterocycles. The van der Waals surface area contributed by atoms with Gasteiger partial charge in [-0.05, 0) is 36.8 Å². The second-order valence-corrected chi connectivity index (χ2v) is 5.59. The van der Waals surface area contributed by atoms with Crippen molar-refractivity contribution < 1.29 is 19.0 Å². The summed E-state index contributed by atoms with van der Waals surface area (Å²) >= 11 is 0. The van der Waals surface area contributed by atoms with E-state index < -0.39 is 0 Å². The van der Waals surface area contributed by atoms with E-state index in [0.717, 1.165) is 11.1 Å². The average molecular weight is 322 g/mol. The predicted octanol–water partition coefficient (Wildman–Crippen LogP) is 4.27. The molecule has 4 heteroatoms. The molecule has 24 heavy (non-hydrogen) atoms. The van der Waals surface area contributed by atoms with Gasteiger partial charge in [0.25, 0.3) is 0 Å². The molecule has 122 valence electrons. The van der Waals surface area contributed by atoms with Crippen LogP contribution in [0.3, 0.4) is 0 Å². The number of fused-ring (bicyclic) bond motifs is 1. The van der Waals surface area contributed by atoms with Crippen LogP contribution in [0.5, 0.6) is 17.2 Å². The van der Waals surface area contributed by atoms with E-state index in [1.54, 1.807) is 31.4 Å². The summed E-state index contributed by atoms with van der Waals surface area (Å²) in [7, 11) is 1.59. The third-order valence-corrected chi connectivity index (χ3v) is 3.55. The van der Waals surface area contributed by atoms with E-state index >= 15 is 0 Å². The predicted molar refractivity (Wildman–Crippen MR) is 92.7 cm³/mol. The molecule has 2 aromatic rings. The molecule has 1 aliphatic rings. The molecule has 0 N–H and O–H groups in total. The number of hydrogen-bond donors (Lipinski definition) is 0. The number of Topliss-reactive ketones (excluding diaryl/α,β-unsaturated/α-hetero) is 1. The minimum atomic E-state index is -0.151. The van der Waals surface area contributed by atoms with Gasteiger partial charge in [0.2, 0.25) is 5.78 Å². The number of allylic oxidation sites excluding steroid dienone is 1. The Morgan fingerprint density at radius 3 is 2.79 bits per heavy atom. The van der Waals surface area contributed by atoms with Gasteiger partial charge in [-0.1, -0.05) is 24.8 Å². The summed E-state index contributed by atoms with van der Waals surface area (Å²) in [5.41, 5.74) is 2.23. The maximum atomic E-state index is 12.5. The number of ether oxygens (including phenoxy) is 3. The summed E-state index contributed by atoms with van der Waals surface area (Å²) < 4.78 is 16.6. The first kappa shape index (κ1) is 15.9. The van der Waals surface area contributed by atoms with Crippen molar-refractivity contribution in [1.29, 1.82) is 0 Å². The van der Waals surface area contributed by atoms with Crippen LogP contribution in [0.2, 0.25) is 0 Å². The van der Waals surface area contributed by atoms with Crippen LogP contribution in [-0.2, 0) is 0 Å². The first-order valence-electron chi connectivity index (χ1n) is 7.57. The number of para-hydroxylation sites is 1. The number of ketones is 1. The Kier molecular flexibility index (Phi) is 4.38. The third kappa shape index (κ3) is 3.18. The van der Waals surface area contributed by atoms with Gasteiger partial charge in [0.1, 0.15) is 23.9 Å². The highest BCUT2D eigenvalue weighted by Crippen LogP contribution is 2.35. The van der Waals surface area contributed by atoms with Crippen LogP contribution < -0.4 is 14.2 Å². The number of carbonyl (C=O) groups is 1. The minimum Gasteiger partial charge on any atom is -0.496 e. The molecule has 0 bridgehead atoms. The maximum Gasteiger partial charge on any atom is 0.231 e. The largest absolute Gasteiger partial charge is 0.496 e. The second kappa shape index (κ2) is 6.62. The Labute approximate surface area is 141 Å². The van der Waals surface area contributed by atoms with Crippen molar-refractivity contribution in [3.63, 3.8) is 0 Å². The number of methoxy groups -OCH3 is 1. The standard InChI is InChI=1S/C20H18O4/c1-13(2)12-23-15-8-9-16-18(11-15)24-19(20(16)21)10-14-6-4-5-7-17(14)22-3/h4-11H,1,12H2,2-3H3/b19-10+. The summed E-state index contributed by atoms with van der Waals surface area (Å²) in [6, 6.07) is 12.7. The molecule has 1 heterocycles. The molecule has 0 saturated carbocycles. The van der Waals surface area contributed by atoms with E-state index in [1.807, 2.05) is 31.2 Å². The molecule has 0 radical (unpaired) electrons. The van der Waals surface area contributed by atoms with Crippen molar-refractivity contribution in [2.45, 2.75) is 6.92 Å². The van der Waals surface area contributed by atoms with Crippen LogP contribution in [0.4, 0.5) is 0 Å². The molecule has 0 unspecified atom stereocenters. The van der Waals surface area contributed by atoms with Crippen LogP contribution in [0.25, 0.3) is 6.08 Å².